The Morgan fingerprint density at radius 1 is 1.26 bits per heavy atom. The normalized spacial score (nSPS) is 21.5. The van der Waals surface area contributed by atoms with Gasteiger partial charge in [-0.25, -0.2) is 0 Å². The van der Waals surface area contributed by atoms with Gasteiger partial charge in [-0.15, -0.1) is 0 Å². The van der Waals surface area contributed by atoms with Gasteiger partial charge >= 0.3 is 6.18 Å². The van der Waals surface area contributed by atoms with E-state index in [0.29, 0.717) is 0 Å². The maximum atomic E-state index is 12.7. The first kappa shape index (κ1) is 17.1. The summed E-state index contributed by atoms with van der Waals surface area (Å²) in [6.45, 7) is 1.77. The van der Waals surface area contributed by atoms with Crippen molar-refractivity contribution in [3.8, 4) is 0 Å². The Bertz CT molecular complexity index is 652. The summed E-state index contributed by atoms with van der Waals surface area (Å²) in [5.74, 6) is -3.80. The highest BCUT2D eigenvalue weighted by Gasteiger charge is 2.33. The molecule has 1 aliphatic carbocycles. The Labute approximate surface area is 131 Å². The summed E-state index contributed by atoms with van der Waals surface area (Å²) in [5, 5.41) is 13.5. The number of hydrogen-bond acceptors (Lipinski definition) is 3. The molecule has 1 aliphatic rings. The summed E-state index contributed by atoms with van der Waals surface area (Å²) in [6.07, 6.45) is -2.37. The molecule has 1 aromatic carbocycles. The SMILES string of the molecule is CC1=CC[C@H](C(=O)[O-])[C@@H](C(=O)Nc2cccc(C(F)(F)F)c2)C1. The lowest BCUT2D eigenvalue weighted by Gasteiger charge is -2.30. The van der Waals surface area contributed by atoms with Crippen LogP contribution in [0.3, 0.4) is 0 Å². The van der Waals surface area contributed by atoms with Gasteiger partial charge in [0.15, 0.2) is 0 Å². The van der Waals surface area contributed by atoms with Crippen molar-refractivity contribution in [3.63, 3.8) is 0 Å². The van der Waals surface area contributed by atoms with Gasteiger partial charge < -0.3 is 15.2 Å². The molecule has 0 spiro atoms. The summed E-state index contributed by atoms with van der Waals surface area (Å²) in [7, 11) is 0. The molecule has 0 heterocycles. The Morgan fingerprint density at radius 2 is 1.96 bits per heavy atom. The number of nitrogens with one attached hydrogen (secondary N) is 1. The van der Waals surface area contributed by atoms with Crippen molar-refractivity contribution in [1.29, 1.82) is 0 Å². The van der Waals surface area contributed by atoms with E-state index in [0.717, 1.165) is 17.7 Å². The molecule has 23 heavy (non-hydrogen) atoms. The molecule has 0 aromatic heterocycles. The number of carboxylic acids is 1. The number of rotatable bonds is 3. The molecule has 1 N–H and O–H groups in total. The summed E-state index contributed by atoms with van der Waals surface area (Å²) >= 11 is 0. The quantitative estimate of drug-likeness (QED) is 0.867. The van der Waals surface area contributed by atoms with Crippen molar-refractivity contribution in [2.75, 3.05) is 5.32 Å². The molecule has 124 valence electrons. The zero-order valence-electron chi connectivity index (χ0n) is 12.3. The smallest absolute Gasteiger partial charge is 0.416 e. The van der Waals surface area contributed by atoms with Crippen LogP contribution in [0.4, 0.5) is 18.9 Å². The molecule has 0 saturated heterocycles. The third-order valence-electron chi connectivity index (χ3n) is 3.84. The molecule has 0 bridgehead atoms. The van der Waals surface area contributed by atoms with Gasteiger partial charge in [0.25, 0.3) is 0 Å². The van der Waals surface area contributed by atoms with Crippen LogP contribution in [0.1, 0.15) is 25.3 Å². The number of amides is 1. The highest BCUT2D eigenvalue weighted by Crippen LogP contribution is 2.32. The van der Waals surface area contributed by atoms with E-state index in [1.54, 1.807) is 13.0 Å². The maximum Gasteiger partial charge on any atom is 0.416 e. The molecule has 1 aromatic rings. The molecule has 2 atom stereocenters. The van der Waals surface area contributed by atoms with Crippen LogP contribution in [0.15, 0.2) is 35.9 Å². The fourth-order valence-corrected chi connectivity index (χ4v) is 2.61. The summed E-state index contributed by atoms with van der Waals surface area (Å²) < 4.78 is 38.0. The summed E-state index contributed by atoms with van der Waals surface area (Å²) in [4.78, 5) is 23.4. The molecule has 0 fully saturated rings. The predicted molar refractivity (Wildman–Crippen MR) is 75.1 cm³/mol. The second-order valence-corrected chi connectivity index (χ2v) is 5.59. The van der Waals surface area contributed by atoms with E-state index in [9.17, 15) is 27.9 Å². The molecular formula is C16H15F3NO3-. The summed E-state index contributed by atoms with van der Waals surface area (Å²) in [6, 6.07) is 4.22. The van der Waals surface area contributed by atoms with Gasteiger partial charge in [0.2, 0.25) is 5.91 Å². The third-order valence-corrected chi connectivity index (χ3v) is 3.84. The number of aliphatic carboxylic acids is 1. The van der Waals surface area contributed by atoms with Gasteiger partial charge in [-0.2, -0.15) is 13.2 Å². The molecule has 0 saturated carbocycles. The first-order valence-corrected chi connectivity index (χ1v) is 7.03. The lowest BCUT2D eigenvalue weighted by Crippen LogP contribution is -2.42. The maximum absolute atomic E-state index is 12.7. The zero-order valence-corrected chi connectivity index (χ0v) is 12.3. The fraction of sp³-hybridized carbons (Fsp3) is 0.375. The third kappa shape index (κ3) is 4.12. The minimum atomic E-state index is -4.52. The first-order valence-electron chi connectivity index (χ1n) is 7.03. The van der Waals surface area contributed by atoms with E-state index >= 15 is 0 Å². The van der Waals surface area contributed by atoms with Gasteiger partial charge in [-0.05, 0) is 38.0 Å². The molecule has 0 unspecified atom stereocenters. The van der Waals surface area contributed by atoms with E-state index in [4.69, 9.17) is 0 Å². The number of hydrogen-bond donors (Lipinski definition) is 1. The summed E-state index contributed by atoms with van der Waals surface area (Å²) in [5.41, 5.74) is -0.0349. The van der Waals surface area contributed by atoms with Gasteiger partial charge in [-0.1, -0.05) is 17.7 Å². The van der Waals surface area contributed by atoms with Crippen LogP contribution < -0.4 is 10.4 Å². The molecular weight excluding hydrogens is 311 g/mol. The van der Waals surface area contributed by atoms with Crippen LogP contribution in [0.5, 0.6) is 0 Å². The molecule has 0 radical (unpaired) electrons. The van der Waals surface area contributed by atoms with Gasteiger partial charge in [-0.3, -0.25) is 4.79 Å². The Morgan fingerprint density at radius 3 is 2.57 bits per heavy atom. The molecule has 0 aliphatic heterocycles. The minimum absolute atomic E-state index is 0.0193. The van der Waals surface area contributed by atoms with Crippen LogP contribution in [-0.2, 0) is 15.8 Å². The Hall–Kier alpha value is -2.31. The largest absolute Gasteiger partial charge is 0.550 e. The van der Waals surface area contributed by atoms with Crippen molar-refractivity contribution in [3.05, 3.63) is 41.5 Å². The van der Waals surface area contributed by atoms with E-state index < -0.39 is 35.5 Å². The van der Waals surface area contributed by atoms with Crippen molar-refractivity contribution in [2.24, 2.45) is 11.8 Å². The Balaban J connectivity index is 2.18. The van der Waals surface area contributed by atoms with Crippen LogP contribution in [0, 0.1) is 11.8 Å². The zero-order chi connectivity index (χ0) is 17.2. The second kappa shape index (κ2) is 6.44. The average Bonchev–Trinajstić information content (AvgIpc) is 2.46. The van der Waals surface area contributed by atoms with Gasteiger partial charge in [0.1, 0.15) is 0 Å². The number of alkyl halides is 3. The highest BCUT2D eigenvalue weighted by molar-refractivity contribution is 5.95. The number of carbonyl (C=O) groups excluding carboxylic acids is 2. The number of carbonyl (C=O) groups is 2. The molecule has 7 heteroatoms. The van der Waals surface area contributed by atoms with E-state index in [1.807, 2.05) is 0 Å². The van der Waals surface area contributed by atoms with Crippen LogP contribution >= 0.6 is 0 Å². The lowest BCUT2D eigenvalue weighted by atomic mass is 9.79. The van der Waals surface area contributed by atoms with Crippen molar-refractivity contribution >= 4 is 17.6 Å². The number of anilines is 1. The lowest BCUT2D eigenvalue weighted by molar-refractivity contribution is -0.313. The minimum Gasteiger partial charge on any atom is -0.550 e. The number of halogens is 3. The van der Waals surface area contributed by atoms with Crippen molar-refractivity contribution in [2.45, 2.75) is 25.9 Å². The molecule has 2 rings (SSSR count). The standard InChI is InChI=1S/C16H16F3NO3/c1-9-5-6-12(15(22)23)13(7-9)14(21)20-11-4-2-3-10(8-11)16(17,18)19/h2-5,8,12-13H,6-7H2,1H3,(H,20,21)(H,22,23)/p-1/t12-,13-/m0/s1. The number of allylic oxidation sites excluding steroid dienone is 2. The number of benzene rings is 1. The van der Waals surface area contributed by atoms with Gasteiger partial charge in [0, 0.05) is 17.6 Å². The van der Waals surface area contributed by atoms with Crippen molar-refractivity contribution < 1.29 is 27.9 Å². The first-order chi connectivity index (χ1) is 10.7. The Kier molecular flexibility index (Phi) is 4.77. The second-order valence-electron chi connectivity index (χ2n) is 5.59. The fourth-order valence-electron chi connectivity index (χ4n) is 2.61. The molecule has 1 amide bonds. The average molecular weight is 326 g/mol. The van der Waals surface area contributed by atoms with Crippen LogP contribution in [0.2, 0.25) is 0 Å². The molecule has 4 nitrogen and oxygen atoms in total. The highest BCUT2D eigenvalue weighted by atomic mass is 19.4. The number of carboxylic acid groups (broad SMARTS) is 1. The van der Waals surface area contributed by atoms with Gasteiger partial charge in [0.05, 0.1) is 11.5 Å². The topological polar surface area (TPSA) is 69.2 Å². The van der Waals surface area contributed by atoms with E-state index in [2.05, 4.69) is 5.32 Å². The van der Waals surface area contributed by atoms with Crippen molar-refractivity contribution in [1.82, 2.24) is 0 Å². The van der Waals surface area contributed by atoms with Crippen LogP contribution in [-0.4, -0.2) is 11.9 Å². The van der Waals surface area contributed by atoms with E-state index in [-0.39, 0.29) is 18.5 Å². The van der Waals surface area contributed by atoms with Crippen LogP contribution in [0.25, 0.3) is 0 Å². The van der Waals surface area contributed by atoms with E-state index in [1.165, 1.54) is 12.1 Å². The monoisotopic (exact) mass is 326 g/mol. The predicted octanol–water partition coefficient (Wildman–Crippen LogP) is 2.37.